The maximum atomic E-state index is 13.6. The smallest absolute Gasteiger partial charge is 0.146 e. The van der Waals surface area contributed by atoms with E-state index < -0.39 is 11.9 Å². The number of nitrogens with zero attached hydrogens (tertiary/aromatic N) is 2. The third-order valence-corrected chi connectivity index (χ3v) is 2.50. The lowest BCUT2D eigenvalue weighted by atomic mass is 10.0. The van der Waals surface area contributed by atoms with Gasteiger partial charge < -0.3 is 11.5 Å². The molecule has 0 radical (unpaired) electrons. The van der Waals surface area contributed by atoms with Crippen molar-refractivity contribution in [2.24, 2.45) is 5.73 Å². The minimum Gasteiger partial charge on any atom is -0.383 e. The second-order valence-corrected chi connectivity index (χ2v) is 3.84. The molecule has 4 nitrogen and oxygen atoms in total. The van der Waals surface area contributed by atoms with Gasteiger partial charge in [0.15, 0.2) is 0 Å². The average Bonchev–Trinajstić information content (AvgIpc) is 2.32. The minimum absolute atomic E-state index is 0.173. The van der Waals surface area contributed by atoms with E-state index in [2.05, 4.69) is 9.97 Å². The Labute approximate surface area is 98.5 Å². The van der Waals surface area contributed by atoms with E-state index in [-0.39, 0.29) is 5.69 Å². The van der Waals surface area contributed by atoms with Crippen molar-refractivity contribution in [2.75, 3.05) is 5.73 Å². The zero-order valence-electron chi connectivity index (χ0n) is 9.39. The fourth-order valence-corrected chi connectivity index (χ4v) is 1.63. The third-order valence-electron chi connectivity index (χ3n) is 2.50. The molecule has 5 heteroatoms. The molecule has 0 aromatic carbocycles. The topological polar surface area (TPSA) is 77.8 Å². The van der Waals surface area contributed by atoms with Gasteiger partial charge in [-0.2, -0.15) is 0 Å². The first-order valence-corrected chi connectivity index (χ1v) is 5.17. The highest BCUT2D eigenvalue weighted by atomic mass is 19.1. The van der Waals surface area contributed by atoms with Crippen molar-refractivity contribution in [1.29, 1.82) is 0 Å². The van der Waals surface area contributed by atoms with Crippen molar-refractivity contribution in [1.82, 2.24) is 9.97 Å². The predicted molar refractivity (Wildman–Crippen MR) is 63.6 cm³/mol. The Morgan fingerprint density at radius 1 is 1.35 bits per heavy atom. The number of hydrogen-bond donors (Lipinski definition) is 2. The van der Waals surface area contributed by atoms with Gasteiger partial charge in [-0.05, 0) is 30.7 Å². The highest BCUT2D eigenvalue weighted by molar-refractivity contribution is 5.45. The number of pyridine rings is 2. The van der Waals surface area contributed by atoms with Gasteiger partial charge in [0.25, 0.3) is 0 Å². The first kappa shape index (κ1) is 11.5. The summed E-state index contributed by atoms with van der Waals surface area (Å²) in [6.07, 6.45) is 3.14. The van der Waals surface area contributed by atoms with E-state index in [4.69, 9.17) is 11.5 Å². The largest absolute Gasteiger partial charge is 0.383 e. The molecule has 0 bridgehead atoms. The Morgan fingerprint density at radius 3 is 2.82 bits per heavy atom. The number of halogens is 1. The van der Waals surface area contributed by atoms with E-state index in [9.17, 15) is 4.39 Å². The van der Waals surface area contributed by atoms with Crippen LogP contribution < -0.4 is 11.5 Å². The van der Waals surface area contributed by atoms with Crippen molar-refractivity contribution in [3.05, 3.63) is 53.2 Å². The highest BCUT2D eigenvalue weighted by Gasteiger charge is 2.17. The maximum Gasteiger partial charge on any atom is 0.146 e. The van der Waals surface area contributed by atoms with Crippen molar-refractivity contribution < 1.29 is 4.39 Å². The molecule has 0 spiro atoms. The summed E-state index contributed by atoms with van der Waals surface area (Å²) in [5.74, 6) is -0.144. The Kier molecular flexibility index (Phi) is 3.01. The van der Waals surface area contributed by atoms with Gasteiger partial charge in [0.05, 0.1) is 11.7 Å². The monoisotopic (exact) mass is 232 g/mol. The number of nitrogens with two attached hydrogens (primary N) is 2. The van der Waals surface area contributed by atoms with Crippen LogP contribution in [0, 0.1) is 12.7 Å². The fourth-order valence-electron chi connectivity index (χ4n) is 1.63. The SMILES string of the molecule is Cc1cnc(N)c(C(N)c2ncccc2F)c1. The van der Waals surface area contributed by atoms with Gasteiger partial charge in [-0.25, -0.2) is 9.37 Å². The van der Waals surface area contributed by atoms with Gasteiger partial charge in [-0.1, -0.05) is 0 Å². The van der Waals surface area contributed by atoms with Crippen LogP contribution in [-0.4, -0.2) is 9.97 Å². The number of rotatable bonds is 2. The lowest BCUT2D eigenvalue weighted by molar-refractivity contribution is 0.586. The van der Waals surface area contributed by atoms with Gasteiger partial charge in [-0.3, -0.25) is 4.98 Å². The third kappa shape index (κ3) is 2.24. The van der Waals surface area contributed by atoms with Gasteiger partial charge in [0, 0.05) is 18.0 Å². The molecular formula is C12H13FN4. The first-order chi connectivity index (χ1) is 8.09. The Bertz CT molecular complexity index is 542. The van der Waals surface area contributed by atoms with Gasteiger partial charge >= 0.3 is 0 Å². The van der Waals surface area contributed by atoms with Crippen LogP contribution >= 0.6 is 0 Å². The van der Waals surface area contributed by atoms with Crippen LogP contribution in [0.5, 0.6) is 0 Å². The molecular weight excluding hydrogens is 219 g/mol. The Morgan fingerprint density at radius 2 is 2.12 bits per heavy atom. The van der Waals surface area contributed by atoms with E-state index in [1.165, 1.54) is 18.3 Å². The zero-order valence-corrected chi connectivity index (χ0v) is 9.39. The summed E-state index contributed by atoms with van der Waals surface area (Å²) in [7, 11) is 0. The highest BCUT2D eigenvalue weighted by Crippen LogP contribution is 2.24. The van der Waals surface area contributed by atoms with Crippen LogP contribution in [0.25, 0.3) is 0 Å². The molecule has 0 saturated carbocycles. The number of aromatic nitrogens is 2. The van der Waals surface area contributed by atoms with E-state index in [1.807, 2.05) is 6.92 Å². The van der Waals surface area contributed by atoms with E-state index in [0.717, 1.165) is 5.56 Å². The zero-order chi connectivity index (χ0) is 12.4. The van der Waals surface area contributed by atoms with Crippen molar-refractivity contribution in [3.63, 3.8) is 0 Å². The van der Waals surface area contributed by atoms with Crippen LogP contribution in [-0.2, 0) is 0 Å². The first-order valence-electron chi connectivity index (χ1n) is 5.17. The Hall–Kier alpha value is -2.01. The van der Waals surface area contributed by atoms with Crippen LogP contribution in [0.1, 0.15) is 22.9 Å². The average molecular weight is 232 g/mol. The van der Waals surface area contributed by atoms with Crippen LogP contribution in [0.4, 0.5) is 10.2 Å². The molecule has 0 aliphatic heterocycles. The number of anilines is 1. The van der Waals surface area contributed by atoms with Crippen molar-refractivity contribution in [3.8, 4) is 0 Å². The molecule has 2 aromatic heterocycles. The molecule has 0 amide bonds. The maximum absolute atomic E-state index is 13.6. The molecule has 0 aliphatic carbocycles. The summed E-state index contributed by atoms with van der Waals surface area (Å²) in [6, 6.07) is 3.93. The number of hydrogen-bond acceptors (Lipinski definition) is 4. The molecule has 0 saturated heterocycles. The number of aryl methyl sites for hydroxylation is 1. The fraction of sp³-hybridized carbons (Fsp3) is 0.167. The summed E-state index contributed by atoms with van der Waals surface area (Å²) in [4.78, 5) is 7.94. The van der Waals surface area contributed by atoms with Gasteiger partial charge in [-0.15, -0.1) is 0 Å². The summed E-state index contributed by atoms with van der Waals surface area (Å²) in [5.41, 5.74) is 13.4. The van der Waals surface area contributed by atoms with Crippen LogP contribution in [0.3, 0.4) is 0 Å². The molecule has 4 N–H and O–H groups in total. The normalized spacial score (nSPS) is 12.4. The molecule has 2 aromatic rings. The molecule has 0 aliphatic rings. The molecule has 17 heavy (non-hydrogen) atoms. The van der Waals surface area contributed by atoms with Crippen LogP contribution in [0.15, 0.2) is 30.6 Å². The molecule has 0 fully saturated rings. The quantitative estimate of drug-likeness (QED) is 0.823. The molecule has 2 heterocycles. The second kappa shape index (κ2) is 4.47. The van der Waals surface area contributed by atoms with E-state index >= 15 is 0 Å². The standard InChI is InChI=1S/C12H13FN4/c1-7-5-8(12(15)17-6-7)10(14)11-9(13)3-2-4-16-11/h2-6,10H,14H2,1H3,(H2,15,17). The molecule has 1 atom stereocenters. The van der Waals surface area contributed by atoms with E-state index in [1.54, 1.807) is 12.3 Å². The van der Waals surface area contributed by atoms with Gasteiger partial charge in [0.2, 0.25) is 0 Å². The lowest BCUT2D eigenvalue weighted by Crippen LogP contribution is -2.17. The molecule has 2 rings (SSSR count). The summed E-state index contributed by atoms with van der Waals surface area (Å²) < 4.78 is 13.6. The molecule has 88 valence electrons. The summed E-state index contributed by atoms with van der Waals surface area (Å²) >= 11 is 0. The Balaban J connectivity index is 2.47. The molecule has 1 unspecified atom stereocenters. The summed E-state index contributed by atoms with van der Waals surface area (Å²) in [6.45, 7) is 1.87. The van der Waals surface area contributed by atoms with Crippen molar-refractivity contribution in [2.45, 2.75) is 13.0 Å². The van der Waals surface area contributed by atoms with E-state index in [0.29, 0.717) is 11.4 Å². The lowest BCUT2D eigenvalue weighted by Gasteiger charge is -2.14. The van der Waals surface area contributed by atoms with Crippen molar-refractivity contribution >= 4 is 5.82 Å². The predicted octanol–water partition coefficient (Wildman–Crippen LogP) is 1.55. The minimum atomic E-state index is -0.705. The van der Waals surface area contributed by atoms with Crippen LogP contribution in [0.2, 0.25) is 0 Å². The van der Waals surface area contributed by atoms with Gasteiger partial charge in [0.1, 0.15) is 11.6 Å². The number of nitrogen functional groups attached to an aromatic ring is 1. The summed E-state index contributed by atoms with van der Waals surface area (Å²) in [5, 5.41) is 0. The second-order valence-electron chi connectivity index (χ2n) is 3.84.